The molecular formula is C7H12O7. The summed E-state index contributed by atoms with van der Waals surface area (Å²) in [5, 5.41) is 44.9. The van der Waals surface area contributed by atoms with Crippen molar-refractivity contribution in [1.82, 2.24) is 0 Å². The number of carboxylic acid groups (broad SMARTS) is 1. The number of aliphatic hydroxyl groups excluding tert-OH is 4. The highest BCUT2D eigenvalue weighted by Crippen LogP contribution is 2.21. The first kappa shape index (κ1) is 11.3. The molecule has 5 atom stereocenters. The highest BCUT2D eigenvalue weighted by Gasteiger charge is 2.43. The van der Waals surface area contributed by atoms with Crippen molar-refractivity contribution in [2.24, 2.45) is 0 Å². The lowest BCUT2D eigenvalue weighted by Gasteiger charge is -2.37. The average Bonchev–Trinajstić information content (AvgIpc) is 2.10. The molecule has 0 bridgehead atoms. The summed E-state index contributed by atoms with van der Waals surface area (Å²) in [5.74, 6) is -1.23. The molecule has 1 aliphatic heterocycles. The summed E-state index contributed by atoms with van der Waals surface area (Å²) < 4.78 is 4.61. The Kier molecular flexibility index (Phi) is 3.40. The predicted octanol–water partition coefficient (Wildman–Crippen LogP) is -2.74. The number of aliphatic hydroxyl groups is 4. The molecule has 82 valence electrons. The van der Waals surface area contributed by atoms with E-state index in [1.165, 1.54) is 0 Å². The van der Waals surface area contributed by atoms with E-state index in [0.717, 1.165) is 0 Å². The molecule has 0 spiro atoms. The largest absolute Gasteiger partial charge is 0.481 e. The van der Waals surface area contributed by atoms with Crippen LogP contribution < -0.4 is 0 Å². The molecule has 7 heteroatoms. The maximum absolute atomic E-state index is 10.3. The van der Waals surface area contributed by atoms with Gasteiger partial charge in [0.15, 0.2) is 6.29 Å². The molecule has 14 heavy (non-hydrogen) atoms. The van der Waals surface area contributed by atoms with Gasteiger partial charge in [0, 0.05) is 0 Å². The van der Waals surface area contributed by atoms with Gasteiger partial charge in [-0.05, 0) is 0 Å². The molecule has 1 fully saturated rings. The summed E-state index contributed by atoms with van der Waals surface area (Å²) in [6.07, 6.45) is -8.22. The topological polar surface area (TPSA) is 127 Å². The smallest absolute Gasteiger partial charge is 0.306 e. The fourth-order valence-corrected chi connectivity index (χ4v) is 1.27. The molecule has 0 aliphatic carbocycles. The van der Waals surface area contributed by atoms with Crippen LogP contribution in [-0.2, 0) is 9.53 Å². The van der Waals surface area contributed by atoms with E-state index in [1.807, 2.05) is 0 Å². The Morgan fingerprint density at radius 2 is 1.64 bits per heavy atom. The molecule has 7 nitrogen and oxygen atoms in total. The van der Waals surface area contributed by atoms with E-state index in [-0.39, 0.29) is 0 Å². The van der Waals surface area contributed by atoms with E-state index >= 15 is 0 Å². The zero-order chi connectivity index (χ0) is 10.9. The first-order valence-electron chi connectivity index (χ1n) is 4.03. The average molecular weight is 208 g/mol. The van der Waals surface area contributed by atoms with Crippen LogP contribution in [0.25, 0.3) is 0 Å². The third kappa shape index (κ3) is 2.20. The lowest BCUT2D eigenvalue weighted by atomic mass is 9.97. The molecule has 0 radical (unpaired) electrons. The molecule has 0 saturated carbocycles. The van der Waals surface area contributed by atoms with Crippen LogP contribution in [0.4, 0.5) is 0 Å². The lowest BCUT2D eigenvalue weighted by Crippen LogP contribution is -2.57. The van der Waals surface area contributed by atoms with Crippen molar-refractivity contribution in [3.63, 3.8) is 0 Å². The summed E-state index contributed by atoms with van der Waals surface area (Å²) >= 11 is 0. The normalized spacial score (nSPS) is 43.6. The van der Waals surface area contributed by atoms with Crippen LogP contribution in [-0.4, -0.2) is 62.2 Å². The van der Waals surface area contributed by atoms with Gasteiger partial charge in [-0.15, -0.1) is 0 Å². The van der Waals surface area contributed by atoms with Crippen LogP contribution in [0.1, 0.15) is 6.42 Å². The number of hydrogen-bond donors (Lipinski definition) is 5. The maximum Gasteiger partial charge on any atom is 0.306 e. The van der Waals surface area contributed by atoms with Crippen molar-refractivity contribution in [3.8, 4) is 0 Å². The second-order valence-corrected chi connectivity index (χ2v) is 3.13. The second kappa shape index (κ2) is 4.20. The monoisotopic (exact) mass is 208 g/mol. The van der Waals surface area contributed by atoms with E-state index in [0.29, 0.717) is 0 Å². The Morgan fingerprint density at radius 3 is 2.14 bits per heavy atom. The van der Waals surface area contributed by atoms with E-state index in [4.69, 9.17) is 20.4 Å². The zero-order valence-electron chi connectivity index (χ0n) is 7.15. The molecule has 1 saturated heterocycles. The zero-order valence-corrected chi connectivity index (χ0v) is 7.15. The number of rotatable bonds is 2. The van der Waals surface area contributed by atoms with Gasteiger partial charge in [-0.25, -0.2) is 0 Å². The quantitative estimate of drug-likeness (QED) is 0.333. The van der Waals surface area contributed by atoms with Gasteiger partial charge in [0.1, 0.15) is 18.3 Å². The van der Waals surface area contributed by atoms with Crippen molar-refractivity contribution in [2.75, 3.05) is 0 Å². The minimum Gasteiger partial charge on any atom is -0.481 e. The number of aliphatic carboxylic acids is 1. The van der Waals surface area contributed by atoms with Gasteiger partial charge in [0.05, 0.1) is 12.5 Å². The SMILES string of the molecule is O=C(O)C[C@@H]1O[C@@H](O)[C@@H](O)[C@@H](O)[C@@H]1O. The fraction of sp³-hybridized carbons (Fsp3) is 0.857. The van der Waals surface area contributed by atoms with Crippen molar-refractivity contribution in [3.05, 3.63) is 0 Å². The Labute approximate surface area is 79.2 Å². The van der Waals surface area contributed by atoms with E-state index in [1.54, 1.807) is 0 Å². The minimum absolute atomic E-state index is 0.554. The minimum atomic E-state index is -1.68. The molecule has 1 aliphatic rings. The summed E-state index contributed by atoms with van der Waals surface area (Å²) in [6.45, 7) is 0. The Hall–Kier alpha value is -0.730. The van der Waals surface area contributed by atoms with Gasteiger partial charge in [0.25, 0.3) is 0 Å². The third-order valence-corrected chi connectivity index (χ3v) is 2.06. The summed E-state index contributed by atoms with van der Waals surface area (Å²) in [7, 11) is 0. The van der Waals surface area contributed by atoms with E-state index in [9.17, 15) is 9.90 Å². The highest BCUT2D eigenvalue weighted by molar-refractivity contribution is 5.67. The van der Waals surface area contributed by atoms with Crippen molar-refractivity contribution in [2.45, 2.75) is 37.1 Å². The molecule has 0 aromatic carbocycles. The first-order chi connectivity index (χ1) is 6.43. The predicted molar refractivity (Wildman–Crippen MR) is 41.2 cm³/mol. The maximum atomic E-state index is 10.3. The highest BCUT2D eigenvalue weighted by atomic mass is 16.6. The molecule has 0 unspecified atom stereocenters. The third-order valence-electron chi connectivity index (χ3n) is 2.06. The molecule has 1 rings (SSSR count). The van der Waals surface area contributed by atoms with E-state index < -0.39 is 43.1 Å². The van der Waals surface area contributed by atoms with Crippen LogP contribution in [0.2, 0.25) is 0 Å². The number of carboxylic acids is 1. The van der Waals surface area contributed by atoms with E-state index in [2.05, 4.69) is 4.74 Å². The summed E-state index contributed by atoms with van der Waals surface area (Å²) in [4.78, 5) is 10.3. The Morgan fingerprint density at radius 1 is 1.07 bits per heavy atom. The van der Waals surface area contributed by atoms with Gasteiger partial charge in [-0.3, -0.25) is 4.79 Å². The second-order valence-electron chi connectivity index (χ2n) is 3.13. The van der Waals surface area contributed by atoms with Crippen LogP contribution in [0, 0.1) is 0 Å². The van der Waals surface area contributed by atoms with Gasteiger partial charge in [-0.1, -0.05) is 0 Å². The van der Waals surface area contributed by atoms with Gasteiger partial charge in [0.2, 0.25) is 0 Å². The van der Waals surface area contributed by atoms with Gasteiger partial charge >= 0.3 is 5.97 Å². The van der Waals surface area contributed by atoms with Crippen molar-refractivity contribution in [1.29, 1.82) is 0 Å². The molecule has 5 N–H and O–H groups in total. The van der Waals surface area contributed by atoms with Gasteiger partial charge in [-0.2, -0.15) is 0 Å². The molecule has 0 amide bonds. The summed E-state index contributed by atoms with van der Waals surface area (Å²) in [6, 6.07) is 0. The molecular weight excluding hydrogens is 196 g/mol. The van der Waals surface area contributed by atoms with Crippen LogP contribution >= 0.6 is 0 Å². The number of carbonyl (C=O) groups is 1. The van der Waals surface area contributed by atoms with Crippen LogP contribution in [0.15, 0.2) is 0 Å². The van der Waals surface area contributed by atoms with Crippen molar-refractivity contribution < 1.29 is 35.1 Å². The van der Waals surface area contributed by atoms with Crippen LogP contribution in [0.3, 0.4) is 0 Å². The Balaban J connectivity index is 2.65. The fourth-order valence-electron chi connectivity index (χ4n) is 1.27. The number of ether oxygens (including phenoxy) is 1. The first-order valence-corrected chi connectivity index (χ1v) is 4.03. The lowest BCUT2D eigenvalue weighted by molar-refractivity contribution is -0.282. The van der Waals surface area contributed by atoms with Gasteiger partial charge < -0.3 is 30.3 Å². The van der Waals surface area contributed by atoms with Crippen molar-refractivity contribution >= 4 is 5.97 Å². The standard InChI is InChI=1S/C7H12O7/c8-3(9)1-2-4(10)5(11)6(12)7(13)14-2/h2,4-7,10-13H,1H2,(H,8,9)/t2-,4+,5-,6-,7+/m0/s1. The molecule has 0 aromatic heterocycles. The Bertz CT molecular complexity index is 218. The van der Waals surface area contributed by atoms with Crippen LogP contribution in [0.5, 0.6) is 0 Å². The molecule has 0 aromatic rings. The summed E-state index contributed by atoms with van der Waals surface area (Å²) in [5.41, 5.74) is 0. The number of hydrogen-bond acceptors (Lipinski definition) is 6. The molecule has 1 heterocycles.